The Balaban J connectivity index is 1.25. The molecule has 0 N–H and O–H groups in total. The molecule has 0 saturated heterocycles. The number of nitrogens with zero attached hydrogens (tertiary/aromatic N) is 6. The van der Waals surface area contributed by atoms with Gasteiger partial charge in [0.1, 0.15) is 5.75 Å². The molecule has 0 bridgehead atoms. The lowest BCUT2D eigenvalue weighted by molar-refractivity contribution is 0.378. The summed E-state index contributed by atoms with van der Waals surface area (Å²) in [4.78, 5) is 8.53. The molecule has 5 rings (SSSR count). The van der Waals surface area contributed by atoms with Crippen molar-refractivity contribution < 1.29 is 9.26 Å². The highest BCUT2D eigenvalue weighted by atomic mass is 32.2. The van der Waals surface area contributed by atoms with Gasteiger partial charge in [0.05, 0.1) is 7.11 Å². The van der Waals surface area contributed by atoms with Crippen LogP contribution in [0.5, 0.6) is 5.75 Å². The highest BCUT2D eigenvalue weighted by Crippen LogP contribution is 2.27. The molecule has 5 aromatic rings. The second-order valence-electron chi connectivity index (χ2n) is 8.12. The molecule has 0 radical (unpaired) electrons. The van der Waals surface area contributed by atoms with Crippen LogP contribution in [0.2, 0.25) is 0 Å². The first-order valence-electron chi connectivity index (χ1n) is 11.8. The van der Waals surface area contributed by atoms with Crippen LogP contribution in [0.25, 0.3) is 22.8 Å². The maximum atomic E-state index is 5.43. The molecular weight excluding hydrogens is 472 g/mol. The summed E-state index contributed by atoms with van der Waals surface area (Å²) in [5, 5.41) is 14.0. The molecular formula is C27H26N6O2S. The number of hydrogen-bond donors (Lipinski definition) is 0. The van der Waals surface area contributed by atoms with E-state index in [4.69, 9.17) is 9.26 Å². The summed E-state index contributed by atoms with van der Waals surface area (Å²) in [7, 11) is 1.67. The molecule has 0 aliphatic heterocycles. The minimum Gasteiger partial charge on any atom is -0.497 e. The second-order valence-corrected chi connectivity index (χ2v) is 9.18. The SMILES string of the molecule is COc1ccc(-c2nnc(SCCCc3nc(-c4ccncc4)no3)n2CCc2ccccc2)cc1. The van der Waals surface area contributed by atoms with Crippen LogP contribution in [-0.2, 0) is 19.4 Å². The lowest BCUT2D eigenvalue weighted by Crippen LogP contribution is -2.06. The average Bonchev–Trinajstić information content (AvgIpc) is 3.58. The molecule has 0 amide bonds. The van der Waals surface area contributed by atoms with E-state index in [9.17, 15) is 0 Å². The van der Waals surface area contributed by atoms with E-state index >= 15 is 0 Å². The molecule has 182 valence electrons. The van der Waals surface area contributed by atoms with Gasteiger partial charge in [0, 0.05) is 42.2 Å². The monoisotopic (exact) mass is 498 g/mol. The largest absolute Gasteiger partial charge is 0.497 e. The molecule has 0 unspecified atom stereocenters. The Morgan fingerprint density at radius 1 is 0.889 bits per heavy atom. The fourth-order valence-corrected chi connectivity index (χ4v) is 4.70. The van der Waals surface area contributed by atoms with Crippen molar-refractivity contribution in [2.75, 3.05) is 12.9 Å². The van der Waals surface area contributed by atoms with Crippen LogP contribution in [-0.4, -0.2) is 42.8 Å². The summed E-state index contributed by atoms with van der Waals surface area (Å²) in [6, 6.07) is 22.1. The first-order valence-corrected chi connectivity index (χ1v) is 12.8. The van der Waals surface area contributed by atoms with Crippen molar-refractivity contribution in [2.24, 2.45) is 0 Å². The molecule has 3 aromatic heterocycles. The summed E-state index contributed by atoms with van der Waals surface area (Å²) >= 11 is 1.69. The second kappa shape index (κ2) is 11.6. The van der Waals surface area contributed by atoms with Crippen molar-refractivity contribution in [1.82, 2.24) is 29.9 Å². The third-order valence-corrected chi connectivity index (χ3v) is 6.76. The summed E-state index contributed by atoms with van der Waals surface area (Å²) in [6.07, 6.45) is 5.92. The average molecular weight is 499 g/mol. The number of thioether (sulfide) groups is 1. The fraction of sp³-hybridized carbons (Fsp3) is 0.222. The summed E-state index contributed by atoms with van der Waals surface area (Å²) in [6.45, 7) is 0.791. The van der Waals surface area contributed by atoms with E-state index in [0.29, 0.717) is 18.1 Å². The van der Waals surface area contributed by atoms with Gasteiger partial charge in [0.2, 0.25) is 11.7 Å². The first-order chi connectivity index (χ1) is 17.8. The molecule has 0 fully saturated rings. The third kappa shape index (κ3) is 5.80. The van der Waals surface area contributed by atoms with Gasteiger partial charge in [-0.05, 0) is 54.8 Å². The highest BCUT2D eigenvalue weighted by Gasteiger charge is 2.15. The molecule has 0 saturated carbocycles. The number of benzene rings is 2. The van der Waals surface area contributed by atoms with Crippen molar-refractivity contribution in [3.63, 3.8) is 0 Å². The van der Waals surface area contributed by atoms with Gasteiger partial charge in [-0.25, -0.2) is 0 Å². The lowest BCUT2D eigenvalue weighted by Gasteiger charge is -2.11. The van der Waals surface area contributed by atoms with Gasteiger partial charge in [-0.15, -0.1) is 10.2 Å². The van der Waals surface area contributed by atoms with Gasteiger partial charge in [0.15, 0.2) is 11.0 Å². The number of aromatic nitrogens is 6. The zero-order valence-corrected chi connectivity index (χ0v) is 20.8. The van der Waals surface area contributed by atoms with Crippen molar-refractivity contribution in [1.29, 1.82) is 0 Å². The predicted molar refractivity (Wildman–Crippen MR) is 139 cm³/mol. The minimum absolute atomic E-state index is 0.588. The van der Waals surface area contributed by atoms with Crippen LogP contribution < -0.4 is 4.74 Å². The zero-order valence-electron chi connectivity index (χ0n) is 19.9. The molecule has 0 spiro atoms. The number of rotatable bonds is 11. The Morgan fingerprint density at radius 3 is 2.47 bits per heavy atom. The van der Waals surface area contributed by atoms with Crippen molar-refractivity contribution in [3.05, 3.63) is 90.6 Å². The normalized spacial score (nSPS) is 11.0. The Bertz CT molecular complexity index is 1370. The van der Waals surface area contributed by atoms with Gasteiger partial charge in [-0.3, -0.25) is 4.98 Å². The number of aryl methyl sites for hydroxylation is 2. The van der Waals surface area contributed by atoms with Crippen molar-refractivity contribution in [3.8, 4) is 28.5 Å². The van der Waals surface area contributed by atoms with E-state index in [1.807, 2.05) is 42.5 Å². The Hall–Kier alpha value is -3.98. The number of hydrogen-bond acceptors (Lipinski definition) is 8. The highest BCUT2D eigenvalue weighted by molar-refractivity contribution is 7.99. The van der Waals surface area contributed by atoms with Crippen LogP contribution in [0.3, 0.4) is 0 Å². The van der Waals surface area contributed by atoms with Crippen LogP contribution in [0.15, 0.2) is 88.8 Å². The molecule has 3 heterocycles. The summed E-state index contributed by atoms with van der Waals surface area (Å²) in [5.41, 5.74) is 3.19. The maximum Gasteiger partial charge on any atom is 0.226 e. The molecule has 8 nitrogen and oxygen atoms in total. The molecule has 0 atom stereocenters. The number of methoxy groups -OCH3 is 1. The number of pyridine rings is 1. The number of ether oxygens (including phenoxy) is 1. The van der Waals surface area contributed by atoms with Gasteiger partial charge >= 0.3 is 0 Å². The van der Waals surface area contributed by atoms with E-state index in [2.05, 4.69) is 54.2 Å². The van der Waals surface area contributed by atoms with Crippen LogP contribution >= 0.6 is 11.8 Å². The van der Waals surface area contributed by atoms with Gasteiger partial charge in [-0.2, -0.15) is 4.98 Å². The topological polar surface area (TPSA) is 91.8 Å². The van der Waals surface area contributed by atoms with E-state index in [0.717, 1.165) is 53.0 Å². The van der Waals surface area contributed by atoms with E-state index in [1.165, 1.54) is 5.56 Å². The van der Waals surface area contributed by atoms with Crippen molar-refractivity contribution >= 4 is 11.8 Å². The predicted octanol–water partition coefficient (Wildman–Crippen LogP) is 5.37. The molecule has 0 aliphatic rings. The maximum absolute atomic E-state index is 5.43. The smallest absolute Gasteiger partial charge is 0.226 e. The Kier molecular flexibility index (Phi) is 7.67. The third-order valence-electron chi connectivity index (χ3n) is 5.70. The zero-order chi connectivity index (χ0) is 24.6. The Labute approximate surface area is 213 Å². The summed E-state index contributed by atoms with van der Waals surface area (Å²) < 4.78 is 12.9. The van der Waals surface area contributed by atoms with E-state index < -0.39 is 0 Å². The van der Waals surface area contributed by atoms with Crippen molar-refractivity contribution in [2.45, 2.75) is 31.0 Å². The minimum atomic E-state index is 0.588. The van der Waals surface area contributed by atoms with Crippen LogP contribution in [0.4, 0.5) is 0 Å². The van der Waals surface area contributed by atoms with Gasteiger partial charge < -0.3 is 13.8 Å². The van der Waals surface area contributed by atoms with E-state index in [-0.39, 0.29) is 0 Å². The van der Waals surface area contributed by atoms with Crippen LogP contribution in [0, 0.1) is 0 Å². The summed E-state index contributed by atoms with van der Waals surface area (Å²) in [5.74, 6) is 3.75. The fourth-order valence-electron chi connectivity index (χ4n) is 3.80. The van der Waals surface area contributed by atoms with Gasteiger partial charge in [0.25, 0.3) is 0 Å². The lowest BCUT2D eigenvalue weighted by atomic mass is 10.1. The standard InChI is InChI=1S/C27H26N6O2S/c1-34-23-11-9-22(10-12-23)26-30-31-27(33(26)18-15-20-6-3-2-4-7-20)36-19-5-8-24-29-25(32-35-24)21-13-16-28-17-14-21/h2-4,6-7,9-14,16-17H,5,8,15,18-19H2,1H3. The molecule has 0 aliphatic carbocycles. The molecule has 9 heteroatoms. The quantitative estimate of drug-likeness (QED) is 0.177. The molecule has 36 heavy (non-hydrogen) atoms. The van der Waals surface area contributed by atoms with E-state index in [1.54, 1.807) is 31.3 Å². The Morgan fingerprint density at radius 2 is 1.69 bits per heavy atom. The van der Waals surface area contributed by atoms with Crippen LogP contribution in [0.1, 0.15) is 17.9 Å². The first kappa shape index (κ1) is 23.7. The molecule has 2 aromatic carbocycles. The van der Waals surface area contributed by atoms with Gasteiger partial charge in [-0.1, -0.05) is 47.3 Å².